The van der Waals surface area contributed by atoms with Gasteiger partial charge in [0.05, 0.1) is 14.7 Å². The second-order valence-corrected chi connectivity index (χ2v) is 16.1. The van der Waals surface area contributed by atoms with Crippen molar-refractivity contribution >= 4 is 19.4 Å². The first-order valence-electron chi connectivity index (χ1n) is 9.81. The molecule has 1 aliphatic heterocycles. The van der Waals surface area contributed by atoms with Gasteiger partial charge >= 0.3 is 0 Å². The Hall–Kier alpha value is -1.35. The predicted molar refractivity (Wildman–Crippen MR) is 113 cm³/mol. The third-order valence-electron chi connectivity index (χ3n) is 5.62. The van der Waals surface area contributed by atoms with Crippen LogP contribution >= 0.6 is 0 Å². The van der Waals surface area contributed by atoms with Crippen molar-refractivity contribution in [2.24, 2.45) is 5.92 Å². The summed E-state index contributed by atoms with van der Waals surface area (Å²) in [7, 11) is -1.72. The van der Waals surface area contributed by atoms with Gasteiger partial charge in [0.15, 0.2) is 5.78 Å². The van der Waals surface area contributed by atoms with Gasteiger partial charge in [-0.2, -0.15) is 0 Å². The van der Waals surface area contributed by atoms with Crippen LogP contribution in [0.2, 0.25) is 19.6 Å². The highest BCUT2D eigenvalue weighted by atomic mass is 28.3. The van der Waals surface area contributed by atoms with Gasteiger partial charge in [0.1, 0.15) is 5.75 Å². The van der Waals surface area contributed by atoms with E-state index in [0.29, 0.717) is 18.8 Å². The Bertz CT molecular complexity index is 795. The molecule has 3 rings (SSSR count). The monoisotopic (exact) mass is 370 g/mol. The van der Waals surface area contributed by atoms with Gasteiger partial charge in [0, 0.05) is 23.5 Å². The zero-order valence-corrected chi connectivity index (χ0v) is 19.0. The summed E-state index contributed by atoms with van der Waals surface area (Å²) < 4.78 is 6.30. The van der Waals surface area contributed by atoms with Crippen molar-refractivity contribution in [2.75, 3.05) is 6.61 Å². The first kappa shape index (κ1) is 19.4. The maximum Gasteiger partial charge on any atom is 0.155 e. The van der Waals surface area contributed by atoms with Crippen molar-refractivity contribution in [2.45, 2.75) is 78.4 Å². The molecule has 1 aromatic carbocycles. The molecule has 0 aromatic heterocycles. The maximum atomic E-state index is 12.9. The number of allylic oxidation sites excluding steroid dienone is 1. The van der Waals surface area contributed by atoms with Crippen LogP contribution in [-0.2, 0) is 15.6 Å². The molecule has 1 atom stereocenters. The zero-order valence-electron chi connectivity index (χ0n) is 18.0. The highest BCUT2D eigenvalue weighted by molar-refractivity contribution is 6.88. The number of Topliss-reactive ketones (excluding diaryl/α,β-unsaturated/α-hetero) is 1. The SMILES string of the molecule is CC(C)(C)c1cc2c(c(C(C)(C)C)c1)OCC1CC(=O)C([Si](C)(C)C)=C21. The fraction of sp³-hybridized carbons (Fsp3) is 0.609. The van der Waals surface area contributed by atoms with Crippen molar-refractivity contribution in [1.82, 2.24) is 0 Å². The van der Waals surface area contributed by atoms with Crippen LogP contribution in [0.3, 0.4) is 0 Å². The van der Waals surface area contributed by atoms with Gasteiger partial charge < -0.3 is 4.74 Å². The Kier molecular flexibility index (Phi) is 4.35. The number of rotatable bonds is 1. The minimum absolute atomic E-state index is 0.000672. The van der Waals surface area contributed by atoms with Crippen molar-refractivity contribution in [3.05, 3.63) is 34.0 Å². The van der Waals surface area contributed by atoms with E-state index in [0.717, 1.165) is 10.9 Å². The average molecular weight is 371 g/mol. The molecule has 0 bridgehead atoms. The molecule has 1 aliphatic carbocycles. The summed E-state index contributed by atoms with van der Waals surface area (Å²) in [4.78, 5) is 12.9. The molecule has 0 saturated heterocycles. The summed E-state index contributed by atoms with van der Waals surface area (Å²) in [5.41, 5.74) is 5.16. The second-order valence-electron chi connectivity index (χ2n) is 11.1. The Balaban J connectivity index is 2.38. The predicted octanol–water partition coefficient (Wildman–Crippen LogP) is 5.89. The van der Waals surface area contributed by atoms with Crippen LogP contribution in [-0.4, -0.2) is 20.5 Å². The lowest BCUT2D eigenvalue weighted by Crippen LogP contribution is -2.29. The molecule has 26 heavy (non-hydrogen) atoms. The van der Waals surface area contributed by atoms with E-state index in [2.05, 4.69) is 73.3 Å². The smallest absolute Gasteiger partial charge is 0.155 e. The molecule has 2 nitrogen and oxygen atoms in total. The summed E-state index contributed by atoms with van der Waals surface area (Å²) in [5.74, 6) is 1.61. The average Bonchev–Trinajstić information content (AvgIpc) is 2.80. The Morgan fingerprint density at radius 3 is 2.12 bits per heavy atom. The number of fused-ring (bicyclic) bond motifs is 3. The Labute approximate surface area is 160 Å². The van der Waals surface area contributed by atoms with Gasteiger partial charge in [-0.05, 0) is 33.2 Å². The van der Waals surface area contributed by atoms with Gasteiger partial charge in [0.25, 0.3) is 0 Å². The van der Waals surface area contributed by atoms with Crippen molar-refractivity contribution < 1.29 is 9.53 Å². The summed E-state index contributed by atoms with van der Waals surface area (Å²) in [6.07, 6.45) is 0.624. The molecule has 2 aliphatic rings. The third kappa shape index (κ3) is 3.19. The quantitative estimate of drug-likeness (QED) is 0.576. The van der Waals surface area contributed by atoms with Crippen molar-refractivity contribution in [3.63, 3.8) is 0 Å². The zero-order chi connectivity index (χ0) is 19.7. The molecule has 1 heterocycles. The van der Waals surface area contributed by atoms with Crippen LogP contribution in [0, 0.1) is 5.92 Å². The molecule has 0 fully saturated rings. The molecule has 3 heteroatoms. The van der Waals surface area contributed by atoms with Crippen LogP contribution in [0.1, 0.15) is 64.7 Å². The standard InChI is InChI=1S/C23H34O2Si/c1-22(2,3)15-11-16-19-14(10-18(24)21(19)26(7,8)9)13-25-20(16)17(12-15)23(4,5)6/h11-12,14H,10,13H2,1-9H3. The molecule has 0 amide bonds. The fourth-order valence-corrected chi connectivity index (χ4v) is 6.35. The first-order valence-corrected chi connectivity index (χ1v) is 13.3. The minimum Gasteiger partial charge on any atom is -0.492 e. The van der Waals surface area contributed by atoms with E-state index in [4.69, 9.17) is 4.74 Å². The van der Waals surface area contributed by atoms with Gasteiger partial charge in [-0.15, -0.1) is 0 Å². The molecule has 0 spiro atoms. The van der Waals surface area contributed by atoms with E-state index >= 15 is 0 Å². The minimum atomic E-state index is -1.72. The van der Waals surface area contributed by atoms with Gasteiger partial charge in [-0.25, -0.2) is 0 Å². The second kappa shape index (κ2) is 5.82. The van der Waals surface area contributed by atoms with E-state index < -0.39 is 8.07 Å². The van der Waals surface area contributed by atoms with Gasteiger partial charge in [-0.3, -0.25) is 4.79 Å². The molecule has 0 N–H and O–H groups in total. The van der Waals surface area contributed by atoms with E-state index in [1.807, 2.05) is 0 Å². The van der Waals surface area contributed by atoms with E-state index in [-0.39, 0.29) is 16.7 Å². The van der Waals surface area contributed by atoms with E-state index in [9.17, 15) is 4.79 Å². The maximum absolute atomic E-state index is 12.9. The number of carbonyl (C=O) groups is 1. The molecule has 0 saturated carbocycles. The number of ketones is 1. The Morgan fingerprint density at radius 1 is 1.00 bits per heavy atom. The highest BCUT2D eigenvalue weighted by Gasteiger charge is 2.43. The van der Waals surface area contributed by atoms with Crippen LogP contribution < -0.4 is 4.74 Å². The van der Waals surface area contributed by atoms with Crippen LogP contribution in [0.4, 0.5) is 0 Å². The lowest BCUT2D eigenvalue weighted by atomic mass is 9.76. The molecular weight excluding hydrogens is 336 g/mol. The topological polar surface area (TPSA) is 26.3 Å². The molecule has 0 radical (unpaired) electrons. The van der Waals surface area contributed by atoms with E-state index in [1.54, 1.807) is 0 Å². The molecular formula is C23H34O2Si. The van der Waals surface area contributed by atoms with Gasteiger partial charge in [0.2, 0.25) is 0 Å². The van der Waals surface area contributed by atoms with Crippen LogP contribution in [0.15, 0.2) is 17.3 Å². The fourth-order valence-electron chi connectivity index (χ4n) is 4.26. The summed E-state index contributed by atoms with van der Waals surface area (Å²) in [6, 6.07) is 4.63. The lowest BCUT2D eigenvalue weighted by Gasteiger charge is -2.34. The van der Waals surface area contributed by atoms with Crippen molar-refractivity contribution in [1.29, 1.82) is 0 Å². The summed E-state index contributed by atoms with van der Waals surface area (Å²) in [6.45, 7) is 21.0. The number of benzene rings is 1. The number of carbonyl (C=O) groups excluding carboxylic acids is 1. The number of hydrogen-bond donors (Lipinski definition) is 0. The largest absolute Gasteiger partial charge is 0.492 e. The highest BCUT2D eigenvalue weighted by Crippen LogP contribution is 2.50. The number of hydrogen-bond acceptors (Lipinski definition) is 2. The molecule has 1 aromatic rings. The number of ether oxygens (including phenoxy) is 1. The third-order valence-corrected chi connectivity index (χ3v) is 7.67. The van der Waals surface area contributed by atoms with Crippen LogP contribution in [0.5, 0.6) is 5.75 Å². The summed E-state index contributed by atoms with van der Waals surface area (Å²) in [5, 5.41) is 1.15. The van der Waals surface area contributed by atoms with Crippen LogP contribution in [0.25, 0.3) is 5.57 Å². The summed E-state index contributed by atoms with van der Waals surface area (Å²) >= 11 is 0. The Morgan fingerprint density at radius 2 is 1.62 bits per heavy atom. The lowest BCUT2D eigenvalue weighted by molar-refractivity contribution is -0.115. The van der Waals surface area contributed by atoms with Crippen molar-refractivity contribution in [3.8, 4) is 5.75 Å². The van der Waals surface area contributed by atoms with E-state index in [1.165, 1.54) is 22.3 Å². The van der Waals surface area contributed by atoms with Gasteiger partial charge in [-0.1, -0.05) is 67.2 Å². The normalized spacial score (nSPS) is 20.8. The molecule has 142 valence electrons. The first-order chi connectivity index (χ1) is 11.7. The molecule has 1 unspecified atom stereocenters.